The minimum absolute atomic E-state index is 0.0662. The molecule has 2 N–H and O–H groups in total. The molecule has 4 nitrogen and oxygen atoms in total. The fourth-order valence-electron chi connectivity index (χ4n) is 5.01. The van der Waals surface area contributed by atoms with Gasteiger partial charge in [0, 0.05) is 31.7 Å². The van der Waals surface area contributed by atoms with Gasteiger partial charge in [-0.1, -0.05) is 44.2 Å². The fraction of sp³-hybridized carbons (Fsp3) is 0.519. The summed E-state index contributed by atoms with van der Waals surface area (Å²) in [5, 5.41) is 6.44. The molecule has 1 heterocycles. The highest BCUT2D eigenvalue weighted by atomic mass is 19.4. The monoisotopic (exact) mass is 473 g/mol. The van der Waals surface area contributed by atoms with Gasteiger partial charge in [-0.25, -0.2) is 0 Å². The summed E-state index contributed by atoms with van der Waals surface area (Å²) in [6.45, 7) is 2.32. The Bertz CT molecular complexity index is 947. The first-order chi connectivity index (χ1) is 16.4. The number of halogens is 3. The van der Waals surface area contributed by atoms with Gasteiger partial charge in [0.2, 0.25) is 5.91 Å². The van der Waals surface area contributed by atoms with E-state index in [1.807, 2.05) is 18.2 Å². The van der Waals surface area contributed by atoms with E-state index in [0.717, 1.165) is 67.1 Å². The van der Waals surface area contributed by atoms with E-state index in [2.05, 4.69) is 15.5 Å². The Balaban J connectivity index is 1.39. The lowest BCUT2D eigenvalue weighted by atomic mass is 9.86. The number of alkyl halides is 3. The van der Waals surface area contributed by atoms with E-state index in [4.69, 9.17) is 0 Å². The third-order valence-corrected chi connectivity index (χ3v) is 7.00. The van der Waals surface area contributed by atoms with E-state index >= 15 is 0 Å². The first-order valence-corrected chi connectivity index (χ1v) is 12.5. The highest BCUT2D eigenvalue weighted by molar-refractivity contribution is 5.95. The third kappa shape index (κ3) is 6.67. The van der Waals surface area contributed by atoms with E-state index in [9.17, 15) is 18.0 Å². The zero-order chi connectivity index (χ0) is 24.0. The van der Waals surface area contributed by atoms with Crippen molar-refractivity contribution < 1.29 is 18.0 Å². The molecule has 0 spiro atoms. The molecular weight excluding hydrogens is 439 g/mol. The molecule has 2 aromatic carbocycles. The minimum atomic E-state index is -4.33. The van der Waals surface area contributed by atoms with Gasteiger partial charge in [0.15, 0.2) is 0 Å². The Morgan fingerprint density at radius 3 is 2.32 bits per heavy atom. The summed E-state index contributed by atoms with van der Waals surface area (Å²) in [5.41, 5.74) is 2.84. The van der Waals surface area contributed by atoms with Gasteiger partial charge in [-0.15, -0.1) is 0 Å². The lowest BCUT2D eigenvalue weighted by molar-refractivity contribution is -0.137. The van der Waals surface area contributed by atoms with Crippen LogP contribution >= 0.6 is 0 Å². The number of benzene rings is 2. The predicted octanol–water partition coefficient (Wildman–Crippen LogP) is 7.22. The Hall–Kier alpha value is -2.70. The topological polar surface area (TPSA) is 44.4 Å². The largest absolute Gasteiger partial charge is 0.416 e. The van der Waals surface area contributed by atoms with E-state index in [1.165, 1.54) is 44.2 Å². The van der Waals surface area contributed by atoms with Crippen LogP contribution in [0.2, 0.25) is 0 Å². The normalized spacial score (nSPS) is 17.1. The molecule has 1 saturated carbocycles. The summed E-state index contributed by atoms with van der Waals surface area (Å²) >= 11 is 0. The lowest BCUT2D eigenvalue weighted by Crippen LogP contribution is -2.21. The van der Waals surface area contributed by atoms with Gasteiger partial charge in [-0.05, 0) is 61.1 Å². The average molecular weight is 474 g/mol. The molecule has 2 aliphatic rings. The fourth-order valence-corrected chi connectivity index (χ4v) is 5.01. The van der Waals surface area contributed by atoms with Crippen LogP contribution in [0.15, 0.2) is 42.5 Å². The van der Waals surface area contributed by atoms with Crippen LogP contribution in [0.5, 0.6) is 0 Å². The molecule has 1 aliphatic heterocycles. The smallest absolute Gasteiger partial charge is 0.381 e. The van der Waals surface area contributed by atoms with Crippen molar-refractivity contribution in [3.8, 4) is 0 Å². The number of nitrogens with one attached hydrogen (secondary N) is 2. The van der Waals surface area contributed by atoms with Gasteiger partial charge in [0.1, 0.15) is 0 Å². The van der Waals surface area contributed by atoms with Crippen molar-refractivity contribution in [1.82, 2.24) is 0 Å². The lowest BCUT2D eigenvalue weighted by Gasteiger charge is -2.24. The molecule has 1 amide bonds. The number of carbonyl (C=O) groups is 1. The SMILES string of the molecule is O=C(CCC1CCCCC1)Nc1ccc(NCc2ccc(C(F)(F)F)cc2)cc1N1CCCC1. The first kappa shape index (κ1) is 24.4. The van der Waals surface area contributed by atoms with Gasteiger partial charge >= 0.3 is 6.18 Å². The van der Waals surface area contributed by atoms with Crippen LogP contribution in [0, 0.1) is 5.92 Å². The van der Waals surface area contributed by atoms with Gasteiger partial charge < -0.3 is 15.5 Å². The maximum absolute atomic E-state index is 12.8. The quantitative estimate of drug-likeness (QED) is 0.426. The van der Waals surface area contributed by atoms with E-state index in [-0.39, 0.29) is 5.91 Å². The third-order valence-electron chi connectivity index (χ3n) is 7.00. The Labute approximate surface area is 199 Å². The Morgan fingerprint density at radius 1 is 0.941 bits per heavy atom. The summed E-state index contributed by atoms with van der Waals surface area (Å²) in [4.78, 5) is 15.0. The van der Waals surface area contributed by atoms with Crippen LogP contribution < -0.4 is 15.5 Å². The second kappa shape index (κ2) is 11.2. The van der Waals surface area contributed by atoms with Gasteiger partial charge in [0.05, 0.1) is 16.9 Å². The van der Waals surface area contributed by atoms with Gasteiger partial charge in [-0.2, -0.15) is 13.2 Å². The first-order valence-electron chi connectivity index (χ1n) is 12.5. The van der Waals surface area contributed by atoms with Crippen LogP contribution in [0.3, 0.4) is 0 Å². The maximum Gasteiger partial charge on any atom is 0.416 e. The molecule has 0 radical (unpaired) electrons. The zero-order valence-electron chi connectivity index (χ0n) is 19.6. The second-order valence-corrected chi connectivity index (χ2v) is 9.57. The number of hydrogen-bond donors (Lipinski definition) is 2. The highest BCUT2D eigenvalue weighted by Crippen LogP contribution is 2.33. The highest BCUT2D eigenvalue weighted by Gasteiger charge is 2.29. The van der Waals surface area contributed by atoms with Crippen molar-refractivity contribution in [2.45, 2.75) is 70.5 Å². The molecule has 0 bridgehead atoms. The minimum Gasteiger partial charge on any atom is -0.381 e. The molecule has 0 aromatic heterocycles. The number of nitrogens with zero attached hydrogens (tertiary/aromatic N) is 1. The van der Waals surface area contributed by atoms with Crippen molar-refractivity contribution in [2.75, 3.05) is 28.6 Å². The van der Waals surface area contributed by atoms with Crippen molar-refractivity contribution in [3.63, 3.8) is 0 Å². The van der Waals surface area contributed by atoms with Crippen LogP contribution in [0.25, 0.3) is 0 Å². The Morgan fingerprint density at radius 2 is 1.65 bits per heavy atom. The second-order valence-electron chi connectivity index (χ2n) is 9.57. The molecule has 1 saturated heterocycles. The number of carbonyl (C=O) groups excluding carboxylic acids is 1. The molecule has 4 rings (SSSR count). The number of hydrogen-bond acceptors (Lipinski definition) is 3. The van der Waals surface area contributed by atoms with Crippen molar-refractivity contribution in [3.05, 3.63) is 53.6 Å². The molecule has 34 heavy (non-hydrogen) atoms. The summed E-state index contributed by atoms with van der Waals surface area (Å²) in [7, 11) is 0. The van der Waals surface area contributed by atoms with Crippen LogP contribution in [0.1, 0.15) is 68.9 Å². The summed E-state index contributed by atoms with van der Waals surface area (Å²) in [6, 6.07) is 11.1. The van der Waals surface area contributed by atoms with Crippen LogP contribution in [-0.4, -0.2) is 19.0 Å². The number of rotatable bonds is 8. The van der Waals surface area contributed by atoms with Gasteiger partial charge in [0.25, 0.3) is 0 Å². The average Bonchev–Trinajstić information content (AvgIpc) is 3.37. The standard InChI is InChI=1S/C27H34F3N3O/c28-27(29,30)22-11-8-21(9-12-22)19-31-23-13-14-24(25(18-23)33-16-4-5-17-33)32-26(34)15-10-20-6-2-1-3-7-20/h8-9,11-14,18,20,31H,1-7,10,15-17,19H2,(H,32,34). The maximum atomic E-state index is 12.8. The summed E-state index contributed by atoms with van der Waals surface area (Å²) in [5.74, 6) is 0.741. The number of amides is 1. The predicted molar refractivity (Wildman–Crippen MR) is 131 cm³/mol. The number of anilines is 3. The molecule has 1 aliphatic carbocycles. The summed E-state index contributed by atoms with van der Waals surface area (Å²) in [6.07, 6.45) is 5.80. The molecule has 2 fully saturated rings. The van der Waals surface area contributed by atoms with E-state index in [0.29, 0.717) is 18.9 Å². The van der Waals surface area contributed by atoms with E-state index < -0.39 is 11.7 Å². The molecule has 2 aromatic rings. The van der Waals surface area contributed by atoms with Crippen molar-refractivity contribution >= 4 is 23.0 Å². The summed E-state index contributed by atoms with van der Waals surface area (Å²) < 4.78 is 38.4. The van der Waals surface area contributed by atoms with Crippen molar-refractivity contribution in [1.29, 1.82) is 0 Å². The molecular formula is C27H34F3N3O. The zero-order valence-corrected chi connectivity index (χ0v) is 19.6. The molecule has 0 atom stereocenters. The Kier molecular flexibility index (Phi) is 8.01. The molecule has 184 valence electrons. The molecule has 7 heteroatoms. The van der Waals surface area contributed by atoms with Gasteiger partial charge in [-0.3, -0.25) is 4.79 Å². The van der Waals surface area contributed by atoms with E-state index in [1.54, 1.807) is 0 Å². The molecule has 0 unspecified atom stereocenters. The van der Waals surface area contributed by atoms with Crippen LogP contribution in [0.4, 0.5) is 30.2 Å². The van der Waals surface area contributed by atoms with Crippen LogP contribution in [-0.2, 0) is 17.5 Å². The van der Waals surface area contributed by atoms with Crippen molar-refractivity contribution in [2.24, 2.45) is 5.92 Å².